The van der Waals surface area contributed by atoms with Crippen molar-refractivity contribution in [1.29, 1.82) is 0 Å². The van der Waals surface area contributed by atoms with Crippen molar-refractivity contribution in [2.45, 2.75) is 44.7 Å². The van der Waals surface area contributed by atoms with Crippen LogP contribution in [0.2, 0.25) is 0 Å². The Labute approximate surface area is 162 Å². The summed E-state index contributed by atoms with van der Waals surface area (Å²) in [5.41, 5.74) is 1.48. The largest absolute Gasteiger partial charge is 0.481 e. The Morgan fingerprint density at radius 2 is 2.11 bits per heavy atom. The smallest absolute Gasteiger partial charge is 0.247 e. The lowest BCUT2D eigenvalue weighted by molar-refractivity contribution is -0.117. The predicted molar refractivity (Wildman–Crippen MR) is 103 cm³/mol. The third kappa shape index (κ3) is 4.03. The fourth-order valence-corrected chi connectivity index (χ4v) is 3.55. The Balaban J connectivity index is 1.41. The number of nitrogens with zero attached hydrogens (tertiary/aromatic N) is 6. The van der Waals surface area contributed by atoms with E-state index in [0.29, 0.717) is 17.6 Å². The molecule has 0 unspecified atom stereocenters. The Kier molecular flexibility index (Phi) is 5.31. The lowest BCUT2D eigenvalue weighted by atomic mass is 9.96. The maximum Gasteiger partial charge on any atom is 0.247 e. The summed E-state index contributed by atoms with van der Waals surface area (Å²) in [6, 6.07) is 3.93. The van der Waals surface area contributed by atoms with E-state index in [4.69, 9.17) is 4.74 Å². The summed E-state index contributed by atoms with van der Waals surface area (Å²) in [6.07, 6.45) is 12.5. The minimum atomic E-state index is -0.146. The summed E-state index contributed by atoms with van der Waals surface area (Å²) in [5, 5.41) is 11.6. The zero-order valence-electron chi connectivity index (χ0n) is 15.8. The first-order valence-electron chi connectivity index (χ1n) is 9.45. The highest BCUT2D eigenvalue weighted by molar-refractivity contribution is 5.89. The van der Waals surface area contributed by atoms with Crippen molar-refractivity contribution in [2.24, 2.45) is 0 Å². The van der Waals surface area contributed by atoms with E-state index >= 15 is 0 Å². The van der Waals surface area contributed by atoms with Crippen molar-refractivity contribution in [3.05, 3.63) is 37.1 Å². The van der Waals surface area contributed by atoms with E-state index in [1.807, 2.05) is 10.7 Å². The third-order valence-corrected chi connectivity index (χ3v) is 4.94. The molecule has 0 spiro atoms. The maximum absolute atomic E-state index is 12.5. The molecule has 1 saturated carbocycles. The summed E-state index contributed by atoms with van der Waals surface area (Å²) in [4.78, 5) is 20.7. The van der Waals surface area contributed by atoms with Gasteiger partial charge in [0.05, 0.1) is 31.2 Å². The monoisotopic (exact) mass is 381 g/mol. The number of nitrogens with one attached hydrogen (secondary N) is 1. The standard InChI is InChI=1S/C19H23N7O2/c1-28-19-9-16(20-13-21-19)14-10-23-25(11-14)12-18(27)24-17-7-8-22-26(17)15-5-3-2-4-6-15/h7-11,13,15H,2-6,12H2,1H3,(H,24,27). The minimum Gasteiger partial charge on any atom is -0.481 e. The second-order valence-electron chi connectivity index (χ2n) is 6.87. The molecule has 1 fully saturated rings. The van der Waals surface area contributed by atoms with Crippen LogP contribution in [-0.2, 0) is 11.3 Å². The number of carbonyl (C=O) groups is 1. The molecule has 0 saturated heterocycles. The molecule has 1 N–H and O–H groups in total. The van der Waals surface area contributed by atoms with Crippen molar-refractivity contribution in [3.63, 3.8) is 0 Å². The predicted octanol–water partition coefficient (Wildman–Crippen LogP) is 2.69. The van der Waals surface area contributed by atoms with Crippen LogP contribution in [0.1, 0.15) is 38.1 Å². The van der Waals surface area contributed by atoms with Gasteiger partial charge in [-0.15, -0.1) is 0 Å². The number of hydrogen-bond donors (Lipinski definition) is 1. The van der Waals surface area contributed by atoms with Crippen LogP contribution in [0, 0.1) is 0 Å². The molecular weight excluding hydrogens is 358 g/mol. The molecule has 0 aliphatic heterocycles. The fraction of sp³-hybridized carbons (Fsp3) is 0.421. The van der Waals surface area contributed by atoms with Gasteiger partial charge < -0.3 is 10.1 Å². The van der Waals surface area contributed by atoms with Crippen LogP contribution in [-0.4, -0.2) is 42.5 Å². The summed E-state index contributed by atoms with van der Waals surface area (Å²) >= 11 is 0. The van der Waals surface area contributed by atoms with Crippen LogP contribution in [0.3, 0.4) is 0 Å². The number of ether oxygens (including phenoxy) is 1. The summed E-state index contributed by atoms with van der Waals surface area (Å²) in [6.45, 7) is 0.109. The number of amides is 1. The van der Waals surface area contributed by atoms with Gasteiger partial charge in [-0.2, -0.15) is 10.2 Å². The number of rotatable bonds is 6. The molecule has 1 aliphatic rings. The number of aromatic nitrogens is 6. The normalized spacial score (nSPS) is 14.8. The Morgan fingerprint density at radius 3 is 2.93 bits per heavy atom. The van der Waals surface area contributed by atoms with Gasteiger partial charge in [0.2, 0.25) is 11.8 Å². The molecule has 0 radical (unpaired) electrons. The van der Waals surface area contributed by atoms with Gasteiger partial charge in [-0.1, -0.05) is 19.3 Å². The average molecular weight is 381 g/mol. The highest BCUT2D eigenvalue weighted by Gasteiger charge is 2.19. The van der Waals surface area contributed by atoms with Crippen LogP contribution in [0.15, 0.2) is 37.1 Å². The molecule has 9 heteroatoms. The number of anilines is 1. The van der Waals surface area contributed by atoms with Gasteiger partial charge in [-0.3, -0.25) is 9.48 Å². The highest BCUT2D eigenvalue weighted by Crippen LogP contribution is 2.29. The first-order chi connectivity index (χ1) is 13.7. The lowest BCUT2D eigenvalue weighted by Gasteiger charge is -2.23. The first-order valence-corrected chi connectivity index (χ1v) is 9.45. The van der Waals surface area contributed by atoms with E-state index < -0.39 is 0 Å². The average Bonchev–Trinajstić information content (AvgIpc) is 3.38. The zero-order valence-corrected chi connectivity index (χ0v) is 15.8. The molecule has 3 heterocycles. The molecule has 146 valence electrons. The van der Waals surface area contributed by atoms with Gasteiger partial charge in [0, 0.05) is 23.9 Å². The molecule has 4 rings (SSSR count). The maximum atomic E-state index is 12.5. The highest BCUT2D eigenvalue weighted by atomic mass is 16.5. The molecule has 28 heavy (non-hydrogen) atoms. The summed E-state index contributed by atoms with van der Waals surface area (Å²) in [7, 11) is 1.55. The second-order valence-corrected chi connectivity index (χ2v) is 6.87. The molecule has 3 aromatic rings. The quantitative estimate of drug-likeness (QED) is 0.705. The molecule has 0 aromatic carbocycles. The zero-order chi connectivity index (χ0) is 19.3. The van der Waals surface area contributed by atoms with Gasteiger partial charge in [-0.25, -0.2) is 14.6 Å². The van der Waals surface area contributed by atoms with Crippen LogP contribution in [0.4, 0.5) is 5.82 Å². The first kappa shape index (κ1) is 18.1. The van der Waals surface area contributed by atoms with E-state index in [1.165, 1.54) is 25.6 Å². The Morgan fingerprint density at radius 1 is 1.25 bits per heavy atom. The summed E-state index contributed by atoms with van der Waals surface area (Å²) < 4.78 is 8.64. The summed E-state index contributed by atoms with van der Waals surface area (Å²) in [5.74, 6) is 1.07. The van der Waals surface area contributed by atoms with Gasteiger partial charge in [0.25, 0.3) is 0 Å². The van der Waals surface area contributed by atoms with Gasteiger partial charge in [0.15, 0.2) is 0 Å². The van der Waals surface area contributed by atoms with Crippen LogP contribution >= 0.6 is 0 Å². The van der Waals surface area contributed by atoms with Gasteiger partial charge >= 0.3 is 0 Å². The molecule has 1 amide bonds. The molecule has 9 nitrogen and oxygen atoms in total. The van der Waals surface area contributed by atoms with Crippen LogP contribution in [0.5, 0.6) is 5.88 Å². The molecule has 1 aliphatic carbocycles. The van der Waals surface area contributed by atoms with E-state index in [2.05, 4.69) is 25.5 Å². The fourth-order valence-electron chi connectivity index (χ4n) is 3.55. The lowest BCUT2D eigenvalue weighted by Crippen LogP contribution is -2.23. The number of methoxy groups -OCH3 is 1. The number of carbonyl (C=O) groups excluding carboxylic acids is 1. The van der Waals surface area contributed by atoms with E-state index in [0.717, 1.165) is 24.2 Å². The van der Waals surface area contributed by atoms with Crippen molar-refractivity contribution < 1.29 is 9.53 Å². The molecule has 3 aromatic heterocycles. The van der Waals surface area contributed by atoms with Crippen molar-refractivity contribution in [3.8, 4) is 17.1 Å². The Bertz CT molecular complexity index is 943. The topological polar surface area (TPSA) is 99.8 Å². The molecule has 0 bridgehead atoms. The van der Waals surface area contributed by atoms with E-state index in [-0.39, 0.29) is 12.5 Å². The van der Waals surface area contributed by atoms with Crippen molar-refractivity contribution >= 4 is 11.7 Å². The van der Waals surface area contributed by atoms with Crippen LogP contribution < -0.4 is 10.1 Å². The molecular formula is C19H23N7O2. The van der Waals surface area contributed by atoms with Gasteiger partial charge in [-0.05, 0) is 12.8 Å². The third-order valence-electron chi connectivity index (χ3n) is 4.94. The van der Waals surface area contributed by atoms with Crippen molar-refractivity contribution in [2.75, 3.05) is 12.4 Å². The van der Waals surface area contributed by atoms with E-state index in [1.54, 1.807) is 36.4 Å². The van der Waals surface area contributed by atoms with Crippen LogP contribution in [0.25, 0.3) is 11.3 Å². The second kappa shape index (κ2) is 8.20. The molecule has 0 atom stereocenters. The van der Waals surface area contributed by atoms with Gasteiger partial charge in [0.1, 0.15) is 18.7 Å². The number of hydrogen-bond acceptors (Lipinski definition) is 6. The Hall–Kier alpha value is -3.23. The van der Waals surface area contributed by atoms with E-state index in [9.17, 15) is 4.79 Å². The van der Waals surface area contributed by atoms with Crippen molar-refractivity contribution in [1.82, 2.24) is 29.5 Å². The SMILES string of the molecule is COc1cc(-c2cnn(CC(=O)Nc3ccnn3C3CCCCC3)c2)ncn1. The minimum absolute atomic E-state index is 0.109.